The predicted molar refractivity (Wildman–Crippen MR) is 127 cm³/mol. The van der Waals surface area contributed by atoms with Crippen molar-refractivity contribution in [3.8, 4) is 0 Å². The Labute approximate surface area is 190 Å². The van der Waals surface area contributed by atoms with Crippen molar-refractivity contribution in [2.45, 2.75) is 112 Å². The fourth-order valence-corrected chi connectivity index (χ4v) is 9.44. The molecule has 176 valence electrons. The van der Waals surface area contributed by atoms with Gasteiger partial charge in [-0.15, -0.1) is 0 Å². The van der Waals surface area contributed by atoms with Gasteiger partial charge in [0.05, 0.1) is 10.8 Å². The van der Waals surface area contributed by atoms with Gasteiger partial charge >= 0.3 is 0 Å². The van der Waals surface area contributed by atoms with Crippen LogP contribution in [0.25, 0.3) is 0 Å². The van der Waals surface area contributed by atoms with Crippen molar-refractivity contribution in [2.75, 3.05) is 0 Å². The molecule has 0 spiro atoms. The fraction of sp³-hybridized carbons (Fsp3) is 0.963. The van der Waals surface area contributed by atoms with Gasteiger partial charge in [-0.3, -0.25) is 0 Å². The van der Waals surface area contributed by atoms with Crippen LogP contribution in [0.4, 0.5) is 0 Å². The minimum atomic E-state index is -0.437. The van der Waals surface area contributed by atoms with Gasteiger partial charge < -0.3 is 0 Å². The number of hydrogen-bond donors (Lipinski definition) is 0. The van der Waals surface area contributed by atoms with E-state index in [9.17, 15) is 10.1 Å². The van der Waals surface area contributed by atoms with Crippen LogP contribution in [0.2, 0.25) is 0 Å². The van der Waals surface area contributed by atoms with Gasteiger partial charge in [0, 0.05) is 5.92 Å². The van der Waals surface area contributed by atoms with Crippen LogP contribution in [0, 0.1) is 62.4 Å². The first-order valence-corrected chi connectivity index (χ1v) is 13.4. The second-order valence-corrected chi connectivity index (χ2v) is 12.7. The Hall–Kier alpha value is -0.930. The lowest BCUT2D eigenvalue weighted by Crippen LogP contribution is -2.55. The Balaban J connectivity index is 1.50. The molecule has 8 atom stereocenters. The summed E-state index contributed by atoms with van der Waals surface area (Å²) in [6, 6.07) is 0. The molecular formula is C27H46N2O2. The van der Waals surface area contributed by atoms with E-state index in [1.165, 1.54) is 57.8 Å². The summed E-state index contributed by atoms with van der Waals surface area (Å²) in [5.74, 6) is 5.38. The summed E-state index contributed by atoms with van der Waals surface area (Å²) in [7, 11) is 0. The molecule has 0 unspecified atom stereocenters. The van der Waals surface area contributed by atoms with Crippen LogP contribution < -0.4 is 0 Å². The van der Waals surface area contributed by atoms with E-state index in [-0.39, 0.29) is 5.41 Å². The average molecular weight is 431 g/mol. The van der Waals surface area contributed by atoms with E-state index in [1.54, 1.807) is 0 Å². The third kappa shape index (κ3) is 4.10. The summed E-state index contributed by atoms with van der Waals surface area (Å²) >= 11 is 0. The van der Waals surface area contributed by atoms with Crippen LogP contribution in [0.5, 0.6) is 0 Å². The van der Waals surface area contributed by atoms with E-state index in [4.69, 9.17) is 0 Å². The third-order valence-electron chi connectivity index (χ3n) is 10.8. The molecule has 0 N–H and O–H groups in total. The zero-order valence-electron chi connectivity index (χ0n) is 20.7. The van der Waals surface area contributed by atoms with Gasteiger partial charge in [0.25, 0.3) is 0 Å². The molecule has 4 rings (SSSR count). The first-order valence-electron chi connectivity index (χ1n) is 13.4. The normalized spacial score (nSPS) is 44.6. The molecule has 0 aliphatic heterocycles. The maximum atomic E-state index is 11.2. The number of nitrogens with zero attached hydrogens (tertiary/aromatic N) is 2. The Morgan fingerprint density at radius 1 is 1.00 bits per heavy atom. The zero-order valence-corrected chi connectivity index (χ0v) is 20.7. The summed E-state index contributed by atoms with van der Waals surface area (Å²) in [5, 5.41) is 14.6. The minimum Gasteiger partial charge on any atom is -0.233 e. The smallest absolute Gasteiger partial charge is 0.190 e. The highest BCUT2D eigenvalue weighted by atomic mass is 16.7. The van der Waals surface area contributed by atoms with Gasteiger partial charge in [-0.2, -0.15) is 0 Å². The van der Waals surface area contributed by atoms with Gasteiger partial charge in [-0.25, -0.2) is 10.1 Å². The molecule has 0 heterocycles. The number of hydrogen-bond acceptors (Lipinski definition) is 2. The molecule has 0 saturated heterocycles. The molecule has 4 aliphatic rings. The average Bonchev–Trinajstić information content (AvgIpc) is 3.04. The quantitative estimate of drug-likeness (QED) is 0.319. The number of rotatable bonds is 6. The van der Waals surface area contributed by atoms with E-state index in [0.29, 0.717) is 11.3 Å². The number of hydrazone groups is 1. The lowest BCUT2D eigenvalue weighted by atomic mass is 9.44. The molecule has 4 saturated carbocycles. The summed E-state index contributed by atoms with van der Waals surface area (Å²) < 4.78 is 0. The first kappa shape index (κ1) is 23.2. The Kier molecular flexibility index (Phi) is 6.58. The minimum absolute atomic E-state index is 0.234. The molecular weight excluding hydrogens is 384 g/mol. The molecule has 0 aromatic carbocycles. The zero-order chi connectivity index (χ0) is 22.4. The van der Waals surface area contributed by atoms with Crippen molar-refractivity contribution in [2.24, 2.45) is 57.4 Å². The van der Waals surface area contributed by atoms with E-state index < -0.39 is 5.03 Å². The molecule has 4 nitrogen and oxygen atoms in total. The molecule has 4 fully saturated rings. The lowest BCUT2D eigenvalue weighted by molar-refractivity contribution is -0.485. The maximum absolute atomic E-state index is 11.2. The Bertz CT molecular complexity index is 703. The maximum Gasteiger partial charge on any atom is 0.190 e. The van der Waals surface area contributed by atoms with Crippen molar-refractivity contribution >= 4 is 5.71 Å². The largest absolute Gasteiger partial charge is 0.233 e. The van der Waals surface area contributed by atoms with Crippen LogP contribution in [-0.2, 0) is 0 Å². The highest BCUT2D eigenvalue weighted by molar-refractivity contribution is 5.87. The second-order valence-electron chi connectivity index (χ2n) is 12.7. The number of nitro groups is 1. The van der Waals surface area contributed by atoms with E-state index in [0.717, 1.165) is 60.5 Å². The van der Waals surface area contributed by atoms with Crippen molar-refractivity contribution in [1.29, 1.82) is 0 Å². The molecule has 0 aromatic rings. The van der Waals surface area contributed by atoms with Crippen LogP contribution in [0.3, 0.4) is 0 Å². The Morgan fingerprint density at radius 3 is 2.45 bits per heavy atom. The van der Waals surface area contributed by atoms with Gasteiger partial charge in [-0.05, 0) is 104 Å². The van der Waals surface area contributed by atoms with Crippen LogP contribution >= 0.6 is 0 Å². The van der Waals surface area contributed by atoms with E-state index >= 15 is 0 Å². The SMILES string of the molecule is CC(C)CCC[C@@H](C)[C@@H]1CC[C@@H]2[C@@H]3CC[C@H]4/C(=N/[N+](=O)[O-])CCC[C@]4(C)[C@H]3CC[C@@]21C. The van der Waals surface area contributed by atoms with E-state index in [1.807, 2.05) is 0 Å². The standard InChI is InChI=1S/C27H46N2O2/c1-18(2)8-6-9-19(3)21-13-14-22-20-11-12-24-25(28-29(30)31)10-7-16-26(24,4)23(20)15-17-27(21,22)5/h18-24H,6-17H2,1-5H3/b28-25+/t19-,20+,21+,22-,23+,24+,26-,27-/m1/s1. The highest BCUT2D eigenvalue weighted by Crippen LogP contribution is 2.68. The summed E-state index contributed by atoms with van der Waals surface area (Å²) in [6.45, 7) is 12.4. The lowest BCUT2D eigenvalue weighted by Gasteiger charge is -2.60. The monoisotopic (exact) mass is 430 g/mol. The molecule has 0 radical (unpaired) electrons. The summed E-state index contributed by atoms with van der Waals surface area (Å²) in [5.41, 5.74) is 1.67. The molecule has 4 aliphatic carbocycles. The predicted octanol–water partition coefficient (Wildman–Crippen LogP) is 7.74. The first-order chi connectivity index (χ1) is 14.7. The molecule has 31 heavy (non-hydrogen) atoms. The van der Waals surface area contributed by atoms with Gasteiger partial charge in [0.1, 0.15) is 0 Å². The summed E-state index contributed by atoms with van der Waals surface area (Å²) in [6.07, 6.45) is 15.3. The molecule has 0 bridgehead atoms. The summed E-state index contributed by atoms with van der Waals surface area (Å²) in [4.78, 5) is 11.2. The third-order valence-corrected chi connectivity index (χ3v) is 10.8. The van der Waals surface area contributed by atoms with Crippen LogP contribution in [0.1, 0.15) is 112 Å². The van der Waals surface area contributed by atoms with Crippen molar-refractivity contribution in [1.82, 2.24) is 0 Å². The van der Waals surface area contributed by atoms with Crippen molar-refractivity contribution in [3.63, 3.8) is 0 Å². The molecule has 0 aromatic heterocycles. The fourth-order valence-electron chi connectivity index (χ4n) is 9.44. The second kappa shape index (κ2) is 8.78. The Morgan fingerprint density at radius 2 is 1.74 bits per heavy atom. The molecule has 4 heteroatoms. The highest BCUT2D eigenvalue weighted by Gasteiger charge is 2.61. The van der Waals surface area contributed by atoms with E-state index in [2.05, 4.69) is 39.7 Å². The van der Waals surface area contributed by atoms with Crippen LogP contribution in [-0.4, -0.2) is 10.7 Å². The van der Waals surface area contributed by atoms with Crippen LogP contribution in [0.15, 0.2) is 5.10 Å². The van der Waals surface area contributed by atoms with Gasteiger partial charge in [-0.1, -0.05) is 53.9 Å². The van der Waals surface area contributed by atoms with Crippen molar-refractivity contribution in [3.05, 3.63) is 10.1 Å². The number of fused-ring (bicyclic) bond motifs is 5. The van der Waals surface area contributed by atoms with Gasteiger partial charge in [0.15, 0.2) is 5.03 Å². The topological polar surface area (TPSA) is 55.5 Å². The van der Waals surface area contributed by atoms with Gasteiger partial charge in [0.2, 0.25) is 0 Å². The van der Waals surface area contributed by atoms with Crippen molar-refractivity contribution < 1.29 is 5.03 Å². The molecule has 0 amide bonds.